The van der Waals surface area contributed by atoms with Gasteiger partial charge in [-0.1, -0.05) is 13.8 Å². The predicted molar refractivity (Wildman–Crippen MR) is 96.1 cm³/mol. The Balaban J connectivity index is 1.90. The van der Waals surface area contributed by atoms with E-state index < -0.39 is 0 Å². The zero-order valence-electron chi connectivity index (χ0n) is 14.6. The Kier molecular flexibility index (Phi) is 7.21. The summed E-state index contributed by atoms with van der Waals surface area (Å²) in [5, 5.41) is 11.5. The number of aliphatic hydroxyl groups excluding tert-OH is 1. The number of Topliss-reactive ketones (excluding diaryl/α,β-unsaturated/α-hetero) is 1. The topological polar surface area (TPSA) is 43.8 Å². The summed E-state index contributed by atoms with van der Waals surface area (Å²) in [5.74, 6) is 0.872. The van der Waals surface area contributed by atoms with E-state index in [0.717, 1.165) is 49.9 Å². The molecule has 130 valence electrons. The smallest absolute Gasteiger partial charge is 0.169 e. The van der Waals surface area contributed by atoms with E-state index in [1.807, 2.05) is 6.07 Å². The van der Waals surface area contributed by atoms with Crippen LogP contribution in [0.25, 0.3) is 0 Å². The average molecular weight is 339 g/mol. The monoisotopic (exact) mass is 338 g/mol. The van der Waals surface area contributed by atoms with Gasteiger partial charge in [0.25, 0.3) is 0 Å². The molecule has 5 heteroatoms. The second kappa shape index (κ2) is 8.92. The molecule has 1 N–H and O–H groups in total. The molecule has 1 aromatic heterocycles. The number of hydrogen-bond donors (Lipinski definition) is 1. The summed E-state index contributed by atoms with van der Waals surface area (Å²) in [6, 6.07) is 2.47. The van der Waals surface area contributed by atoms with Crippen LogP contribution in [0.5, 0.6) is 0 Å². The highest BCUT2D eigenvalue weighted by Gasteiger charge is 2.26. The van der Waals surface area contributed by atoms with Crippen molar-refractivity contribution in [2.75, 3.05) is 32.8 Å². The van der Waals surface area contributed by atoms with E-state index in [2.05, 4.69) is 29.0 Å². The van der Waals surface area contributed by atoms with Crippen molar-refractivity contribution in [3.05, 3.63) is 21.9 Å². The first-order valence-electron chi connectivity index (χ1n) is 8.65. The predicted octanol–water partition coefficient (Wildman–Crippen LogP) is 2.87. The molecule has 0 bridgehead atoms. The van der Waals surface area contributed by atoms with Crippen LogP contribution in [0.3, 0.4) is 0 Å². The first kappa shape index (κ1) is 18.6. The molecule has 4 nitrogen and oxygen atoms in total. The average Bonchev–Trinajstić information content (AvgIpc) is 2.95. The van der Waals surface area contributed by atoms with Crippen LogP contribution in [0.4, 0.5) is 0 Å². The third kappa shape index (κ3) is 5.68. The van der Waals surface area contributed by atoms with Gasteiger partial charge in [0, 0.05) is 38.8 Å². The highest BCUT2D eigenvalue weighted by Crippen LogP contribution is 2.20. The molecule has 0 radical (unpaired) electrons. The lowest BCUT2D eigenvalue weighted by Crippen LogP contribution is -2.53. The molecule has 0 amide bonds. The summed E-state index contributed by atoms with van der Waals surface area (Å²) < 4.78 is 0. The lowest BCUT2D eigenvalue weighted by atomic mass is 10.1. The Morgan fingerprint density at radius 3 is 2.83 bits per heavy atom. The van der Waals surface area contributed by atoms with Crippen molar-refractivity contribution in [1.82, 2.24) is 9.80 Å². The number of carbonyl (C=O) groups is 1. The van der Waals surface area contributed by atoms with Crippen LogP contribution in [-0.2, 0) is 6.54 Å². The molecule has 0 aliphatic carbocycles. The van der Waals surface area contributed by atoms with Gasteiger partial charge < -0.3 is 5.11 Å². The molecule has 2 heterocycles. The summed E-state index contributed by atoms with van der Waals surface area (Å²) in [7, 11) is 0. The second-order valence-corrected chi connectivity index (χ2v) is 7.91. The molecular formula is C18H30N2O2S. The van der Waals surface area contributed by atoms with Gasteiger partial charge in [-0.15, -0.1) is 11.3 Å². The molecule has 1 aliphatic rings. The van der Waals surface area contributed by atoms with E-state index in [9.17, 15) is 9.90 Å². The van der Waals surface area contributed by atoms with Crippen molar-refractivity contribution in [2.24, 2.45) is 5.92 Å². The van der Waals surface area contributed by atoms with Crippen molar-refractivity contribution in [3.8, 4) is 0 Å². The molecule has 0 saturated carbocycles. The normalized spacial score (nSPS) is 20.3. The molecule has 1 atom stereocenters. The lowest BCUT2D eigenvalue weighted by Gasteiger charge is -2.41. The molecule has 1 fully saturated rings. The van der Waals surface area contributed by atoms with E-state index in [-0.39, 0.29) is 12.4 Å². The van der Waals surface area contributed by atoms with E-state index >= 15 is 0 Å². The number of nitrogens with zero attached hydrogens (tertiary/aromatic N) is 2. The summed E-state index contributed by atoms with van der Waals surface area (Å²) in [6.07, 6.45) is 2.06. The zero-order valence-corrected chi connectivity index (χ0v) is 15.4. The Bertz CT molecular complexity index is 501. The summed E-state index contributed by atoms with van der Waals surface area (Å²) >= 11 is 1.54. The molecule has 0 spiro atoms. The molecule has 1 aliphatic heterocycles. The molecule has 0 aromatic carbocycles. The van der Waals surface area contributed by atoms with Crippen molar-refractivity contribution in [2.45, 2.75) is 46.2 Å². The van der Waals surface area contributed by atoms with Gasteiger partial charge in [0.2, 0.25) is 0 Å². The Hall–Kier alpha value is -0.750. The largest absolute Gasteiger partial charge is 0.396 e. The number of ketones is 1. The van der Waals surface area contributed by atoms with Gasteiger partial charge in [0.1, 0.15) is 0 Å². The lowest BCUT2D eigenvalue weighted by molar-refractivity contribution is 0.0524. The Morgan fingerprint density at radius 1 is 1.43 bits per heavy atom. The van der Waals surface area contributed by atoms with Crippen molar-refractivity contribution in [1.29, 1.82) is 0 Å². The summed E-state index contributed by atoms with van der Waals surface area (Å²) in [4.78, 5) is 17.3. The summed E-state index contributed by atoms with van der Waals surface area (Å²) in [5.41, 5.74) is 1.23. The van der Waals surface area contributed by atoms with Gasteiger partial charge in [-0.3, -0.25) is 14.6 Å². The number of hydrogen-bond acceptors (Lipinski definition) is 5. The maximum Gasteiger partial charge on any atom is 0.169 e. The quantitative estimate of drug-likeness (QED) is 0.740. The van der Waals surface area contributed by atoms with Crippen LogP contribution in [-0.4, -0.2) is 59.5 Å². The highest BCUT2D eigenvalue weighted by molar-refractivity contribution is 7.12. The zero-order chi connectivity index (χ0) is 16.8. The maximum atomic E-state index is 11.4. The fourth-order valence-electron chi connectivity index (χ4n) is 3.14. The van der Waals surface area contributed by atoms with E-state index in [0.29, 0.717) is 6.04 Å². The number of carbonyl (C=O) groups excluding carboxylic acids is 1. The van der Waals surface area contributed by atoms with Crippen LogP contribution in [0.2, 0.25) is 0 Å². The van der Waals surface area contributed by atoms with Gasteiger partial charge >= 0.3 is 0 Å². The number of piperazine rings is 1. The van der Waals surface area contributed by atoms with Gasteiger partial charge in [0.15, 0.2) is 5.78 Å². The van der Waals surface area contributed by atoms with Crippen molar-refractivity contribution < 1.29 is 9.90 Å². The standard InChI is InChI=1S/C18H30N2O2S/c1-14(2)4-6-20-8-7-19(12-17(20)5-9-21)11-16-10-18(15(3)22)23-13-16/h10,13-14,17,21H,4-9,11-12H2,1-3H3/t17-/m0/s1. The Morgan fingerprint density at radius 2 is 2.22 bits per heavy atom. The maximum absolute atomic E-state index is 11.4. The van der Waals surface area contributed by atoms with Gasteiger partial charge in [-0.2, -0.15) is 0 Å². The SMILES string of the molecule is CC(=O)c1cc(CN2CCN(CCC(C)C)[C@@H](CCO)C2)cs1. The second-order valence-electron chi connectivity index (χ2n) is 7.00. The fraction of sp³-hybridized carbons (Fsp3) is 0.722. The number of rotatable bonds is 8. The van der Waals surface area contributed by atoms with Crippen LogP contribution >= 0.6 is 11.3 Å². The molecule has 0 unspecified atom stereocenters. The minimum Gasteiger partial charge on any atom is -0.396 e. The van der Waals surface area contributed by atoms with Crippen LogP contribution in [0, 0.1) is 5.92 Å². The molecule has 1 saturated heterocycles. The van der Waals surface area contributed by atoms with Crippen molar-refractivity contribution in [3.63, 3.8) is 0 Å². The van der Waals surface area contributed by atoms with E-state index in [1.165, 1.54) is 12.0 Å². The van der Waals surface area contributed by atoms with Crippen LogP contribution in [0.1, 0.15) is 48.8 Å². The summed E-state index contributed by atoms with van der Waals surface area (Å²) in [6.45, 7) is 11.6. The highest BCUT2D eigenvalue weighted by atomic mass is 32.1. The molecular weight excluding hydrogens is 308 g/mol. The minimum absolute atomic E-state index is 0.151. The third-order valence-corrected chi connectivity index (χ3v) is 5.63. The van der Waals surface area contributed by atoms with Gasteiger partial charge in [-0.05, 0) is 49.2 Å². The number of aliphatic hydroxyl groups is 1. The molecule has 2 rings (SSSR count). The van der Waals surface area contributed by atoms with E-state index in [4.69, 9.17) is 0 Å². The molecule has 1 aromatic rings. The minimum atomic E-state index is 0.151. The van der Waals surface area contributed by atoms with Crippen LogP contribution < -0.4 is 0 Å². The van der Waals surface area contributed by atoms with Crippen LogP contribution in [0.15, 0.2) is 11.4 Å². The third-order valence-electron chi connectivity index (χ3n) is 4.55. The van der Waals surface area contributed by atoms with Gasteiger partial charge in [-0.25, -0.2) is 0 Å². The fourth-order valence-corrected chi connectivity index (χ4v) is 3.95. The first-order chi connectivity index (χ1) is 11.0. The first-order valence-corrected chi connectivity index (χ1v) is 9.53. The van der Waals surface area contributed by atoms with Crippen molar-refractivity contribution >= 4 is 17.1 Å². The van der Waals surface area contributed by atoms with Gasteiger partial charge in [0.05, 0.1) is 4.88 Å². The van der Waals surface area contributed by atoms with E-state index in [1.54, 1.807) is 18.3 Å². The number of thiophene rings is 1. The Labute approximate surface area is 144 Å². The molecule has 23 heavy (non-hydrogen) atoms.